The first-order valence-electron chi connectivity index (χ1n) is 6.87. The van der Waals surface area contributed by atoms with E-state index in [0.717, 1.165) is 0 Å². The molecule has 3 atom stereocenters. The third-order valence-corrected chi connectivity index (χ3v) is 4.47. The Bertz CT molecular complexity index is 557. The summed E-state index contributed by atoms with van der Waals surface area (Å²) in [7, 11) is 0. The highest BCUT2D eigenvalue weighted by molar-refractivity contribution is 5.53. The van der Waals surface area contributed by atoms with Gasteiger partial charge in [0.15, 0.2) is 0 Å². The number of hydrogen-bond acceptors (Lipinski definition) is 0. The van der Waals surface area contributed by atoms with Gasteiger partial charge in [0.05, 0.1) is 0 Å². The molecule has 0 N–H and O–H groups in total. The van der Waals surface area contributed by atoms with E-state index in [9.17, 15) is 0 Å². The summed E-state index contributed by atoms with van der Waals surface area (Å²) in [5, 5.41) is 0. The second kappa shape index (κ2) is 4.28. The van der Waals surface area contributed by atoms with Crippen LogP contribution in [0.15, 0.2) is 59.7 Å². The summed E-state index contributed by atoms with van der Waals surface area (Å²) in [5.41, 5.74) is 6.15. The van der Waals surface area contributed by atoms with Gasteiger partial charge in [-0.25, -0.2) is 0 Å². The Morgan fingerprint density at radius 2 is 1.50 bits per heavy atom. The molecule has 0 saturated carbocycles. The molecule has 2 aliphatic rings. The van der Waals surface area contributed by atoms with E-state index in [-0.39, 0.29) is 0 Å². The molecule has 92 valence electrons. The molecular weight excluding hydrogens is 216 g/mol. The maximum atomic E-state index is 2.35. The van der Waals surface area contributed by atoms with Gasteiger partial charge in [-0.3, -0.25) is 0 Å². The van der Waals surface area contributed by atoms with E-state index in [2.05, 4.69) is 69.3 Å². The van der Waals surface area contributed by atoms with Gasteiger partial charge in [-0.1, -0.05) is 74.9 Å². The average molecular weight is 236 g/mol. The molecule has 0 heteroatoms. The summed E-state index contributed by atoms with van der Waals surface area (Å²) in [6.45, 7) is 7.00. The number of fused-ring (bicyclic) bond motifs is 1. The van der Waals surface area contributed by atoms with E-state index in [4.69, 9.17) is 0 Å². The largest absolute Gasteiger partial charge is 0.0776 e. The Balaban J connectivity index is 2.21. The molecule has 1 aromatic rings. The molecule has 18 heavy (non-hydrogen) atoms. The highest BCUT2D eigenvalue weighted by Gasteiger charge is 2.30. The average Bonchev–Trinajstić information content (AvgIpc) is 2.58. The van der Waals surface area contributed by atoms with Crippen molar-refractivity contribution in [3.63, 3.8) is 0 Å². The Morgan fingerprint density at radius 3 is 2.22 bits per heavy atom. The maximum absolute atomic E-state index is 2.35. The molecule has 0 spiro atoms. The molecule has 0 aromatic heterocycles. The molecule has 0 fully saturated rings. The summed E-state index contributed by atoms with van der Waals surface area (Å²) in [4.78, 5) is 0. The third-order valence-electron chi connectivity index (χ3n) is 4.47. The molecule has 0 aliphatic heterocycles. The van der Waals surface area contributed by atoms with Crippen molar-refractivity contribution < 1.29 is 0 Å². The van der Waals surface area contributed by atoms with Gasteiger partial charge in [0, 0.05) is 11.8 Å². The monoisotopic (exact) mass is 236 g/mol. The van der Waals surface area contributed by atoms with E-state index in [1.807, 2.05) is 0 Å². The quantitative estimate of drug-likeness (QED) is 0.597. The number of benzene rings is 1. The number of hydrogen-bond donors (Lipinski definition) is 0. The smallest absolute Gasteiger partial charge is 0.00639 e. The zero-order valence-corrected chi connectivity index (χ0v) is 11.4. The topological polar surface area (TPSA) is 0 Å². The lowest BCUT2D eigenvalue weighted by molar-refractivity contribution is 0.672. The van der Waals surface area contributed by atoms with Crippen molar-refractivity contribution in [2.24, 2.45) is 5.92 Å². The fourth-order valence-corrected chi connectivity index (χ4v) is 3.53. The van der Waals surface area contributed by atoms with Crippen LogP contribution in [0.25, 0.3) is 0 Å². The maximum Gasteiger partial charge on any atom is 0.00639 e. The lowest BCUT2D eigenvalue weighted by Crippen LogP contribution is -2.18. The minimum atomic E-state index is 0.519. The fraction of sp³-hybridized carbons (Fsp3) is 0.333. The van der Waals surface area contributed by atoms with Crippen molar-refractivity contribution in [1.29, 1.82) is 0 Å². The Labute approximate surface area is 110 Å². The van der Waals surface area contributed by atoms with E-state index in [1.165, 1.54) is 16.7 Å². The molecule has 1 aromatic carbocycles. The van der Waals surface area contributed by atoms with Crippen LogP contribution in [0.2, 0.25) is 0 Å². The van der Waals surface area contributed by atoms with Crippen LogP contribution >= 0.6 is 0 Å². The molecule has 2 aliphatic carbocycles. The molecule has 3 rings (SSSR count). The Kier molecular flexibility index (Phi) is 2.74. The summed E-state index contributed by atoms with van der Waals surface area (Å²) in [6, 6.07) is 8.92. The van der Waals surface area contributed by atoms with Crippen LogP contribution in [0.1, 0.15) is 43.7 Å². The van der Waals surface area contributed by atoms with Gasteiger partial charge < -0.3 is 0 Å². The molecule has 0 nitrogen and oxygen atoms in total. The van der Waals surface area contributed by atoms with Crippen molar-refractivity contribution in [3.05, 3.63) is 70.8 Å². The number of rotatable bonds is 0. The van der Waals surface area contributed by atoms with Crippen LogP contribution in [0.4, 0.5) is 0 Å². The lowest BCUT2D eigenvalue weighted by atomic mass is 9.70. The van der Waals surface area contributed by atoms with Crippen LogP contribution in [0.3, 0.4) is 0 Å². The van der Waals surface area contributed by atoms with Gasteiger partial charge in [-0.2, -0.15) is 0 Å². The minimum Gasteiger partial charge on any atom is -0.0776 e. The van der Waals surface area contributed by atoms with Crippen LogP contribution in [-0.4, -0.2) is 0 Å². The third kappa shape index (κ3) is 1.59. The van der Waals surface area contributed by atoms with E-state index >= 15 is 0 Å². The first kappa shape index (κ1) is 11.5. The SMILES string of the molecule is CC1C=CC=CC2=C1C(C)c1ccccc1C2C. The van der Waals surface area contributed by atoms with Crippen LogP contribution in [0, 0.1) is 5.92 Å². The van der Waals surface area contributed by atoms with Gasteiger partial charge in [-0.15, -0.1) is 0 Å². The molecule has 0 saturated heterocycles. The van der Waals surface area contributed by atoms with Gasteiger partial charge >= 0.3 is 0 Å². The highest BCUT2D eigenvalue weighted by atomic mass is 14.3. The molecule has 0 radical (unpaired) electrons. The Morgan fingerprint density at radius 1 is 0.833 bits per heavy atom. The predicted octanol–water partition coefficient (Wildman–Crippen LogP) is 4.97. The van der Waals surface area contributed by atoms with Crippen molar-refractivity contribution in [1.82, 2.24) is 0 Å². The summed E-state index contributed by atoms with van der Waals surface area (Å²) in [6.07, 6.45) is 9.01. The summed E-state index contributed by atoms with van der Waals surface area (Å²) >= 11 is 0. The van der Waals surface area contributed by atoms with Gasteiger partial charge in [0.25, 0.3) is 0 Å². The molecule has 0 heterocycles. The second-order valence-electron chi connectivity index (χ2n) is 5.52. The molecule has 3 unspecified atom stereocenters. The van der Waals surface area contributed by atoms with Crippen LogP contribution in [0.5, 0.6) is 0 Å². The van der Waals surface area contributed by atoms with E-state index < -0.39 is 0 Å². The van der Waals surface area contributed by atoms with Crippen LogP contribution in [-0.2, 0) is 0 Å². The van der Waals surface area contributed by atoms with Gasteiger partial charge in [0.2, 0.25) is 0 Å². The molecule has 0 amide bonds. The fourth-order valence-electron chi connectivity index (χ4n) is 3.53. The molecule has 0 bridgehead atoms. The first-order chi connectivity index (χ1) is 8.70. The van der Waals surface area contributed by atoms with Crippen molar-refractivity contribution in [3.8, 4) is 0 Å². The van der Waals surface area contributed by atoms with Crippen molar-refractivity contribution in [2.75, 3.05) is 0 Å². The van der Waals surface area contributed by atoms with E-state index in [0.29, 0.717) is 17.8 Å². The Hall–Kier alpha value is -1.56. The predicted molar refractivity (Wildman–Crippen MR) is 77.7 cm³/mol. The standard InChI is InChI=1S/C18H20/c1-12-8-4-5-11-17-13(2)15-9-6-7-10-16(15)14(3)18(12)17/h4-14H,1-3H3. The first-order valence-corrected chi connectivity index (χ1v) is 6.87. The van der Waals surface area contributed by atoms with Crippen LogP contribution < -0.4 is 0 Å². The van der Waals surface area contributed by atoms with Crippen molar-refractivity contribution >= 4 is 0 Å². The normalized spacial score (nSPS) is 29.8. The summed E-state index contributed by atoms with van der Waals surface area (Å²) < 4.78 is 0. The summed E-state index contributed by atoms with van der Waals surface area (Å²) in [5.74, 6) is 1.60. The second-order valence-corrected chi connectivity index (χ2v) is 5.52. The minimum absolute atomic E-state index is 0.519. The van der Waals surface area contributed by atoms with Crippen molar-refractivity contribution in [2.45, 2.75) is 32.6 Å². The zero-order chi connectivity index (χ0) is 12.7. The zero-order valence-electron chi connectivity index (χ0n) is 11.4. The van der Waals surface area contributed by atoms with E-state index in [1.54, 1.807) is 5.57 Å². The van der Waals surface area contributed by atoms with Gasteiger partial charge in [0.1, 0.15) is 0 Å². The number of allylic oxidation sites excluding steroid dienone is 6. The van der Waals surface area contributed by atoms with Gasteiger partial charge in [-0.05, 0) is 22.6 Å². The lowest BCUT2D eigenvalue weighted by Gasteiger charge is -2.34. The highest BCUT2D eigenvalue weighted by Crippen LogP contribution is 2.46. The molecular formula is C18H20.